The number of benzene rings is 1. The van der Waals surface area contributed by atoms with Crippen molar-refractivity contribution in [1.82, 2.24) is 9.80 Å². The Balaban J connectivity index is 1.83. The van der Waals surface area contributed by atoms with Gasteiger partial charge in [0, 0.05) is 19.6 Å². The van der Waals surface area contributed by atoms with Crippen LogP contribution in [0.1, 0.15) is 12.0 Å². The fourth-order valence-corrected chi connectivity index (χ4v) is 2.29. The zero-order valence-electron chi connectivity index (χ0n) is 9.87. The molecular formula is C13H13N3O2. The van der Waals surface area contributed by atoms with Crippen LogP contribution in [0.15, 0.2) is 35.3 Å². The molecule has 1 aromatic carbocycles. The topological polar surface area (TPSA) is 53.0 Å². The Bertz CT molecular complexity index is 524. The molecule has 0 radical (unpaired) electrons. The van der Waals surface area contributed by atoms with Gasteiger partial charge in [0.15, 0.2) is 0 Å². The van der Waals surface area contributed by atoms with Crippen LogP contribution >= 0.6 is 0 Å². The summed E-state index contributed by atoms with van der Waals surface area (Å²) >= 11 is 0. The van der Waals surface area contributed by atoms with E-state index in [2.05, 4.69) is 4.99 Å². The maximum absolute atomic E-state index is 11.7. The van der Waals surface area contributed by atoms with Crippen molar-refractivity contribution in [3.8, 4) is 0 Å². The number of aliphatic imine (C=N–C) groups is 1. The molecule has 0 atom stereocenters. The highest BCUT2D eigenvalue weighted by molar-refractivity contribution is 6.13. The lowest BCUT2D eigenvalue weighted by molar-refractivity contribution is -0.133. The fraction of sp³-hybridized carbons (Fsp3) is 0.308. The first kappa shape index (κ1) is 11.0. The standard InChI is InChI=1S/C13H13N3O2/c17-11-8-12(18)16-7-6-15(13(16)14-11)9-10-4-2-1-3-5-10/h1-5H,6-9H2. The maximum atomic E-state index is 11.7. The highest BCUT2D eigenvalue weighted by atomic mass is 16.2. The van der Waals surface area contributed by atoms with Crippen molar-refractivity contribution in [2.24, 2.45) is 4.99 Å². The van der Waals surface area contributed by atoms with E-state index >= 15 is 0 Å². The Labute approximate surface area is 105 Å². The van der Waals surface area contributed by atoms with Gasteiger partial charge in [-0.05, 0) is 5.56 Å². The third kappa shape index (κ3) is 1.88. The van der Waals surface area contributed by atoms with Crippen LogP contribution in [0.25, 0.3) is 0 Å². The predicted octanol–water partition coefficient (Wildman–Crippen LogP) is 0.617. The van der Waals surface area contributed by atoms with Gasteiger partial charge < -0.3 is 4.90 Å². The van der Waals surface area contributed by atoms with Gasteiger partial charge >= 0.3 is 0 Å². The molecule has 0 N–H and O–H groups in total. The van der Waals surface area contributed by atoms with Crippen molar-refractivity contribution in [3.05, 3.63) is 35.9 Å². The Morgan fingerprint density at radius 1 is 1.11 bits per heavy atom. The number of carbonyl (C=O) groups excluding carboxylic acids is 2. The van der Waals surface area contributed by atoms with Crippen LogP contribution in [0.4, 0.5) is 0 Å². The third-order valence-corrected chi connectivity index (χ3v) is 3.16. The van der Waals surface area contributed by atoms with E-state index in [4.69, 9.17) is 0 Å². The molecule has 0 bridgehead atoms. The van der Waals surface area contributed by atoms with Crippen LogP contribution in [0.3, 0.4) is 0 Å². The number of guanidine groups is 1. The Morgan fingerprint density at radius 2 is 1.89 bits per heavy atom. The van der Waals surface area contributed by atoms with Crippen molar-refractivity contribution >= 4 is 17.8 Å². The molecule has 2 heterocycles. The molecule has 5 heteroatoms. The third-order valence-electron chi connectivity index (χ3n) is 3.16. The van der Waals surface area contributed by atoms with E-state index in [1.807, 2.05) is 35.2 Å². The van der Waals surface area contributed by atoms with Crippen molar-refractivity contribution in [2.45, 2.75) is 13.0 Å². The van der Waals surface area contributed by atoms with Crippen LogP contribution in [-0.2, 0) is 16.1 Å². The highest BCUT2D eigenvalue weighted by Gasteiger charge is 2.35. The zero-order valence-corrected chi connectivity index (χ0v) is 9.87. The molecule has 1 fully saturated rings. The molecule has 0 aliphatic carbocycles. The first-order valence-corrected chi connectivity index (χ1v) is 5.95. The van der Waals surface area contributed by atoms with Gasteiger partial charge in [-0.25, -0.2) is 0 Å². The molecule has 2 aliphatic rings. The lowest BCUT2D eigenvalue weighted by Crippen LogP contribution is -2.42. The van der Waals surface area contributed by atoms with Crippen molar-refractivity contribution in [1.29, 1.82) is 0 Å². The van der Waals surface area contributed by atoms with Crippen LogP contribution < -0.4 is 0 Å². The number of hydrogen-bond acceptors (Lipinski definition) is 3. The van der Waals surface area contributed by atoms with E-state index in [1.54, 1.807) is 4.90 Å². The zero-order chi connectivity index (χ0) is 12.5. The SMILES string of the molecule is O=C1CC(=O)N2CCN(Cc3ccccc3)C2=N1. The molecule has 0 unspecified atom stereocenters. The Kier molecular flexibility index (Phi) is 2.59. The summed E-state index contributed by atoms with van der Waals surface area (Å²) in [7, 11) is 0. The minimum absolute atomic E-state index is 0.0946. The molecule has 1 aromatic rings. The second-order valence-electron chi connectivity index (χ2n) is 4.43. The van der Waals surface area contributed by atoms with Crippen molar-refractivity contribution in [2.75, 3.05) is 13.1 Å². The maximum Gasteiger partial charge on any atom is 0.258 e. The van der Waals surface area contributed by atoms with Gasteiger partial charge in [-0.2, -0.15) is 4.99 Å². The molecule has 2 amide bonds. The Hall–Kier alpha value is -2.17. The van der Waals surface area contributed by atoms with Crippen LogP contribution in [-0.4, -0.2) is 40.7 Å². The van der Waals surface area contributed by atoms with E-state index in [0.717, 1.165) is 12.1 Å². The molecule has 18 heavy (non-hydrogen) atoms. The molecule has 92 valence electrons. The number of rotatable bonds is 2. The second-order valence-corrected chi connectivity index (χ2v) is 4.43. The summed E-state index contributed by atoms with van der Waals surface area (Å²) in [5, 5.41) is 0. The normalized spacial score (nSPS) is 19.0. The summed E-state index contributed by atoms with van der Waals surface area (Å²) in [4.78, 5) is 30.6. The van der Waals surface area contributed by atoms with E-state index in [9.17, 15) is 9.59 Å². The van der Waals surface area contributed by atoms with Gasteiger partial charge in [0.25, 0.3) is 5.91 Å². The van der Waals surface area contributed by atoms with Gasteiger partial charge in [0.1, 0.15) is 6.42 Å². The van der Waals surface area contributed by atoms with Gasteiger partial charge in [0.05, 0.1) is 0 Å². The monoisotopic (exact) mass is 243 g/mol. The van der Waals surface area contributed by atoms with Crippen LogP contribution in [0, 0.1) is 0 Å². The molecular weight excluding hydrogens is 230 g/mol. The summed E-state index contributed by atoms with van der Waals surface area (Å²) in [6.45, 7) is 2.03. The van der Waals surface area contributed by atoms with E-state index in [1.165, 1.54) is 0 Å². The summed E-state index contributed by atoms with van der Waals surface area (Å²) in [6, 6.07) is 9.96. The molecule has 0 aromatic heterocycles. The second kappa shape index (κ2) is 4.25. The van der Waals surface area contributed by atoms with Crippen molar-refractivity contribution < 1.29 is 9.59 Å². The van der Waals surface area contributed by atoms with Gasteiger partial charge in [-0.15, -0.1) is 0 Å². The first-order valence-electron chi connectivity index (χ1n) is 5.95. The average Bonchev–Trinajstić information content (AvgIpc) is 2.74. The number of fused-ring (bicyclic) bond motifs is 1. The summed E-state index contributed by atoms with van der Waals surface area (Å²) < 4.78 is 0. The molecule has 2 aliphatic heterocycles. The average molecular weight is 243 g/mol. The fourth-order valence-electron chi connectivity index (χ4n) is 2.29. The van der Waals surface area contributed by atoms with Crippen LogP contribution in [0.5, 0.6) is 0 Å². The molecule has 3 rings (SSSR count). The lowest BCUT2D eigenvalue weighted by atomic mass is 10.2. The van der Waals surface area contributed by atoms with Gasteiger partial charge in [0.2, 0.25) is 11.9 Å². The summed E-state index contributed by atoms with van der Waals surface area (Å²) in [5.74, 6) is 0.0341. The van der Waals surface area contributed by atoms with E-state index in [-0.39, 0.29) is 18.2 Å². The predicted molar refractivity (Wildman–Crippen MR) is 65.6 cm³/mol. The minimum atomic E-state index is -0.341. The molecule has 1 saturated heterocycles. The number of amides is 2. The molecule has 0 spiro atoms. The largest absolute Gasteiger partial charge is 0.336 e. The van der Waals surface area contributed by atoms with Crippen molar-refractivity contribution in [3.63, 3.8) is 0 Å². The van der Waals surface area contributed by atoms with Gasteiger partial charge in [-0.3, -0.25) is 14.5 Å². The smallest absolute Gasteiger partial charge is 0.258 e. The minimum Gasteiger partial charge on any atom is -0.336 e. The number of nitrogens with zero attached hydrogens (tertiary/aromatic N) is 3. The quantitative estimate of drug-likeness (QED) is 0.715. The van der Waals surface area contributed by atoms with Gasteiger partial charge in [-0.1, -0.05) is 30.3 Å². The van der Waals surface area contributed by atoms with Crippen LogP contribution in [0.2, 0.25) is 0 Å². The highest BCUT2D eigenvalue weighted by Crippen LogP contribution is 2.18. The lowest BCUT2D eigenvalue weighted by Gasteiger charge is -2.24. The molecule has 0 saturated carbocycles. The summed E-state index contributed by atoms with van der Waals surface area (Å²) in [6.07, 6.45) is -0.0946. The van der Waals surface area contributed by atoms with E-state index in [0.29, 0.717) is 19.0 Å². The Morgan fingerprint density at radius 3 is 2.67 bits per heavy atom. The van der Waals surface area contributed by atoms with E-state index < -0.39 is 0 Å². The number of hydrogen-bond donors (Lipinski definition) is 0. The number of carbonyl (C=O) groups is 2. The summed E-state index contributed by atoms with van der Waals surface area (Å²) in [5.41, 5.74) is 1.15. The first-order chi connectivity index (χ1) is 8.74. The molecule has 5 nitrogen and oxygen atoms in total.